The fraction of sp³-hybridized carbons (Fsp3) is 0.444. The van der Waals surface area contributed by atoms with Crippen LogP contribution in [0.5, 0.6) is 0 Å². The van der Waals surface area contributed by atoms with Gasteiger partial charge in [0, 0.05) is 45.7 Å². The van der Waals surface area contributed by atoms with Crippen LogP contribution < -0.4 is 0 Å². The third-order valence-corrected chi connectivity index (χ3v) is 4.08. The fourth-order valence-corrected chi connectivity index (χ4v) is 2.90. The van der Waals surface area contributed by atoms with Gasteiger partial charge in [-0.25, -0.2) is 0 Å². The molecular weight excluding hydrogens is 244 g/mol. The van der Waals surface area contributed by atoms with E-state index in [-0.39, 0.29) is 0 Å². The van der Waals surface area contributed by atoms with Crippen molar-refractivity contribution in [3.05, 3.63) is 60.5 Å². The molecule has 0 spiro atoms. The van der Waals surface area contributed by atoms with Crippen molar-refractivity contribution in [1.29, 1.82) is 0 Å². The summed E-state index contributed by atoms with van der Waals surface area (Å²) in [5.74, 6) is 1.59. The fourth-order valence-electron chi connectivity index (χ4n) is 2.90. The lowest BCUT2D eigenvalue weighted by molar-refractivity contribution is 0.413. The minimum absolute atomic E-state index is 0.474. The average molecular weight is 270 g/mol. The number of allylic oxidation sites excluding steroid dienone is 7. The summed E-state index contributed by atoms with van der Waals surface area (Å²) in [5.41, 5.74) is 2.67. The van der Waals surface area contributed by atoms with Gasteiger partial charge in [-0.2, -0.15) is 0 Å². The molecule has 2 nitrogen and oxygen atoms in total. The van der Waals surface area contributed by atoms with Crippen LogP contribution in [0.1, 0.15) is 6.42 Å². The molecule has 0 aromatic rings. The summed E-state index contributed by atoms with van der Waals surface area (Å²) in [6, 6.07) is 0. The summed E-state index contributed by atoms with van der Waals surface area (Å²) < 4.78 is 0. The van der Waals surface area contributed by atoms with Crippen molar-refractivity contribution in [2.24, 2.45) is 17.8 Å². The summed E-state index contributed by atoms with van der Waals surface area (Å²) in [6.45, 7) is 3.98. The van der Waals surface area contributed by atoms with E-state index in [9.17, 15) is 0 Å². The molecule has 0 saturated heterocycles. The van der Waals surface area contributed by atoms with Gasteiger partial charge in [0.2, 0.25) is 0 Å². The van der Waals surface area contributed by atoms with Crippen molar-refractivity contribution < 1.29 is 0 Å². The van der Waals surface area contributed by atoms with E-state index in [2.05, 4.69) is 81.1 Å². The lowest BCUT2D eigenvalue weighted by Crippen LogP contribution is -2.24. The van der Waals surface area contributed by atoms with Crippen molar-refractivity contribution in [3.63, 3.8) is 0 Å². The molecule has 3 atom stereocenters. The average Bonchev–Trinajstić information content (AvgIpc) is 2.43. The number of fused-ring (bicyclic) bond motifs is 1. The molecule has 2 rings (SSSR count). The van der Waals surface area contributed by atoms with E-state index in [4.69, 9.17) is 0 Å². The maximum atomic E-state index is 3.98. The first-order chi connectivity index (χ1) is 9.51. The maximum absolute atomic E-state index is 3.98. The third kappa shape index (κ3) is 3.24. The van der Waals surface area contributed by atoms with Gasteiger partial charge >= 0.3 is 0 Å². The van der Waals surface area contributed by atoms with Crippen LogP contribution in [0.25, 0.3) is 0 Å². The molecule has 0 heterocycles. The Kier molecular flexibility index (Phi) is 4.53. The Bertz CT molecular complexity index is 478. The summed E-state index contributed by atoms with van der Waals surface area (Å²) in [4.78, 5) is 4.28. The van der Waals surface area contributed by atoms with E-state index in [0.29, 0.717) is 17.8 Å². The molecule has 0 amide bonds. The van der Waals surface area contributed by atoms with Gasteiger partial charge in [0.05, 0.1) is 0 Å². The van der Waals surface area contributed by atoms with Crippen LogP contribution in [0.2, 0.25) is 0 Å². The zero-order valence-electron chi connectivity index (χ0n) is 13.1. The first kappa shape index (κ1) is 14.7. The largest absolute Gasteiger partial charge is 0.384 e. The predicted molar refractivity (Wildman–Crippen MR) is 87.1 cm³/mol. The first-order valence-corrected chi connectivity index (χ1v) is 7.27. The van der Waals surface area contributed by atoms with E-state index in [1.54, 1.807) is 0 Å². The second kappa shape index (κ2) is 6.17. The van der Waals surface area contributed by atoms with Crippen LogP contribution in [0.4, 0.5) is 0 Å². The molecule has 108 valence electrons. The Morgan fingerprint density at radius 2 is 1.95 bits per heavy atom. The molecule has 0 aromatic carbocycles. The van der Waals surface area contributed by atoms with Crippen LogP contribution in [0.15, 0.2) is 60.5 Å². The van der Waals surface area contributed by atoms with Crippen molar-refractivity contribution >= 4 is 0 Å². The minimum Gasteiger partial charge on any atom is -0.384 e. The van der Waals surface area contributed by atoms with Gasteiger partial charge in [-0.3, -0.25) is 0 Å². The van der Waals surface area contributed by atoms with Crippen molar-refractivity contribution in [2.75, 3.05) is 28.2 Å². The first-order valence-electron chi connectivity index (χ1n) is 7.27. The molecule has 2 heteroatoms. The van der Waals surface area contributed by atoms with Crippen LogP contribution in [0, 0.1) is 17.8 Å². The highest BCUT2D eigenvalue weighted by Crippen LogP contribution is 2.39. The monoisotopic (exact) mass is 270 g/mol. The molecule has 2 aliphatic rings. The van der Waals surface area contributed by atoms with Crippen molar-refractivity contribution in [1.82, 2.24) is 9.80 Å². The second-order valence-electron chi connectivity index (χ2n) is 6.10. The van der Waals surface area contributed by atoms with Crippen molar-refractivity contribution in [3.8, 4) is 0 Å². The summed E-state index contributed by atoms with van der Waals surface area (Å²) in [6.07, 6.45) is 17.0. The van der Waals surface area contributed by atoms with Crippen molar-refractivity contribution in [2.45, 2.75) is 6.42 Å². The van der Waals surface area contributed by atoms with E-state index in [1.807, 2.05) is 6.08 Å². The molecule has 0 bridgehead atoms. The van der Waals surface area contributed by atoms with E-state index in [0.717, 1.165) is 6.42 Å². The normalized spacial score (nSPS) is 28.7. The predicted octanol–water partition coefficient (Wildman–Crippen LogP) is 3.44. The highest BCUT2D eigenvalue weighted by Gasteiger charge is 2.28. The Hall–Kier alpha value is -1.70. The van der Waals surface area contributed by atoms with Crippen LogP contribution in [-0.2, 0) is 0 Å². The van der Waals surface area contributed by atoms with Crippen LogP contribution in [-0.4, -0.2) is 38.0 Å². The van der Waals surface area contributed by atoms with Gasteiger partial charge in [0.25, 0.3) is 0 Å². The Balaban J connectivity index is 2.23. The highest BCUT2D eigenvalue weighted by molar-refractivity contribution is 5.35. The standard InChI is InChI=1S/C18H26N2/c1-6-14-11-15-7-8-18(20(4)5)13-17(15)12-16(14)9-10-19(2)3/h6-11,13,15-17H,1,12H2,2-5H3/b10-9+. The molecule has 2 aliphatic carbocycles. The molecule has 3 unspecified atom stereocenters. The van der Waals surface area contributed by atoms with E-state index in [1.165, 1.54) is 11.3 Å². The van der Waals surface area contributed by atoms with E-state index >= 15 is 0 Å². The maximum Gasteiger partial charge on any atom is 0.0320 e. The summed E-state index contributed by atoms with van der Waals surface area (Å²) >= 11 is 0. The molecule has 0 saturated carbocycles. The van der Waals surface area contributed by atoms with E-state index < -0.39 is 0 Å². The van der Waals surface area contributed by atoms with Gasteiger partial charge in [-0.1, -0.05) is 37.0 Å². The molecule has 0 aliphatic heterocycles. The number of likely N-dealkylation sites (N-methyl/N-ethyl adjacent to an activating group) is 1. The molecule has 0 N–H and O–H groups in total. The van der Waals surface area contributed by atoms with Crippen LogP contribution >= 0.6 is 0 Å². The Morgan fingerprint density at radius 3 is 2.55 bits per heavy atom. The second-order valence-corrected chi connectivity index (χ2v) is 6.10. The minimum atomic E-state index is 0.474. The van der Waals surface area contributed by atoms with Gasteiger partial charge in [0.15, 0.2) is 0 Å². The lowest BCUT2D eigenvalue weighted by atomic mass is 9.73. The zero-order valence-corrected chi connectivity index (χ0v) is 13.1. The van der Waals surface area contributed by atoms with Crippen LogP contribution in [0.3, 0.4) is 0 Å². The Labute approximate surface area is 123 Å². The quantitative estimate of drug-likeness (QED) is 0.772. The number of hydrogen-bond acceptors (Lipinski definition) is 2. The number of rotatable bonds is 4. The summed E-state index contributed by atoms with van der Waals surface area (Å²) in [7, 11) is 8.33. The zero-order chi connectivity index (χ0) is 14.7. The molecule has 20 heavy (non-hydrogen) atoms. The smallest absolute Gasteiger partial charge is 0.0320 e. The van der Waals surface area contributed by atoms with Gasteiger partial charge in [-0.05, 0) is 30.2 Å². The Morgan fingerprint density at radius 1 is 1.20 bits per heavy atom. The topological polar surface area (TPSA) is 6.48 Å². The number of hydrogen-bond donors (Lipinski definition) is 0. The molecule has 0 radical (unpaired) electrons. The highest BCUT2D eigenvalue weighted by atomic mass is 15.1. The lowest BCUT2D eigenvalue weighted by Gasteiger charge is -2.34. The molecular formula is C18H26N2. The van der Waals surface area contributed by atoms with Gasteiger partial charge in [0.1, 0.15) is 0 Å². The summed E-state index contributed by atoms with van der Waals surface area (Å²) in [5, 5.41) is 0. The van der Waals surface area contributed by atoms with Gasteiger partial charge in [-0.15, -0.1) is 0 Å². The SMILES string of the molecule is C=CC1=CC2C=CC(N(C)C)=CC2CC1/C=C/N(C)C. The van der Waals surface area contributed by atoms with Gasteiger partial charge < -0.3 is 9.80 Å². The third-order valence-electron chi connectivity index (χ3n) is 4.08. The molecule has 0 aromatic heterocycles. The number of nitrogens with zero attached hydrogens (tertiary/aromatic N) is 2. The molecule has 0 fully saturated rings.